The molecule has 40 heavy (non-hydrogen) atoms. The molecular weight excluding hydrogens is 514 g/mol. The zero-order valence-corrected chi connectivity index (χ0v) is 23.9. The van der Waals surface area contributed by atoms with Crippen molar-refractivity contribution in [3.8, 4) is 23.0 Å². The molecule has 2 N–H and O–H groups in total. The van der Waals surface area contributed by atoms with Gasteiger partial charge in [-0.05, 0) is 81.5 Å². The van der Waals surface area contributed by atoms with Crippen molar-refractivity contribution in [3.05, 3.63) is 46.5 Å². The zero-order valence-electron chi connectivity index (χ0n) is 23.9. The molecule has 216 valence electrons. The highest BCUT2D eigenvalue weighted by atomic mass is 16.7. The number of benzene rings is 2. The fourth-order valence-electron chi connectivity index (χ4n) is 6.09. The van der Waals surface area contributed by atoms with E-state index in [9.17, 15) is 14.7 Å². The molecule has 1 unspecified atom stereocenters. The average molecular weight is 554 g/mol. The quantitative estimate of drug-likeness (QED) is 0.429. The van der Waals surface area contributed by atoms with Gasteiger partial charge in [-0.15, -0.1) is 0 Å². The van der Waals surface area contributed by atoms with E-state index in [1.807, 2.05) is 32.3 Å². The van der Waals surface area contributed by atoms with Gasteiger partial charge in [0.2, 0.25) is 12.7 Å². The third-order valence-corrected chi connectivity index (χ3v) is 8.24. The number of nitrogens with zero attached hydrogens (tertiary/aromatic N) is 2. The largest absolute Gasteiger partial charge is 0.504 e. The molecule has 1 saturated heterocycles. The maximum Gasteiger partial charge on any atom is 0.310 e. The third kappa shape index (κ3) is 5.42. The second kappa shape index (κ2) is 11.5. The number of aryl methyl sites for hydroxylation is 1. The van der Waals surface area contributed by atoms with E-state index in [1.165, 1.54) is 7.11 Å². The molecule has 5 rings (SSSR count). The summed E-state index contributed by atoms with van der Waals surface area (Å²) in [5.41, 5.74) is 3.22. The van der Waals surface area contributed by atoms with Crippen LogP contribution in [0.4, 0.5) is 0 Å². The Morgan fingerprint density at radius 1 is 1.05 bits per heavy atom. The lowest BCUT2D eigenvalue weighted by atomic mass is 9.65. The number of methoxy groups -OCH3 is 1. The van der Waals surface area contributed by atoms with Crippen LogP contribution in [-0.2, 0) is 14.3 Å². The summed E-state index contributed by atoms with van der Waals surface area (Å²) in [5, 5.41) is 13.7. The summed E-state index contributed by atoms with van der Waals surface area (Å²) in [6.07, 6.45) is 1.11. The van der Waals surface area contributed by atoms with Crippen LogP contribution in [0.2, 0.25) is 0 Å². The number of rotatable bonds is 10. The first kappa shape index (κ1) is 28.0. The minimum Gasteiger partial charge on any atom is -0.504 e. The lowest BCUT2D eigenvalue weighted by molar-refractivity contribution is -0.141. The minimum atomic E-state index is -0.524. The van der Waals surface area contributed by atoms with Crippen LogP contribution in [0.25, 0.3) is 0 Å². The van der Waals surface area contributed by atoms with Crippen LogP contribution in [0, 0.1) is 18.8 Å². The lowest BCUT2D eigenvalue weighted by Gasteiger charge is -2.39. The number of cyclic esters (lactones) is 1. The molecule has 1 fully saturated rings. The highest BCUT2D eigenvalue weighted by Crippen LogP contribution is 2.55. The van der Waals surface area contributed by atoms with Gasteiger partial charge < -0.3 is 39.2 Å². The summed E-state index contributed by atoms with van der Waals surface area (Å²) >= 11 is 0. The van der Waals surface area contributed by atoms with Crippen LogP contribution < -0.4 is 19.5 Å². The molecule has 10 heteroatoms. The van der Waals surface area contributed by atoms with Crippen molar-refractivity contribution in [1.82, 2.24) is 15.1 Å². The predicted octanol–water partition coefficient (Wildman–Crippen LogP) is 2.80. The molecule has 0 aromatic heterocycles. The summed E-state index contributed by atoms with van der Waals surface area (Å²) in [5.74, 6) is 0.0852. The van der Waals surface area contributed by atoms with E-state index in [1.54, 1.807) is 13.0 Å². The van der Waals surface area contributed by atoms with E-state index in [2.05, 4.69) is 22.2 Å². The van der Waals surface area contributed by atoms with Crippen LogP contribution >= 0.6 is 0 Å². The number of hydrogen-bond acceptors (Lipinski definition) is 9. The zero-order chi connectivity index (χ0) is 28.6. The number of carbonyl (C=O) groups excluding carboxylic acids is 2. The van der Waals surface area contributed by atoms with E-state index in [0.29, 0.717) is 29.2 Å². The molecule has 10 nitrogen and oxygen atoms in total. The molecular formula is C30H39N3O7. The molecule has 2 aliphatic heterocycles. The fourth-order valence-corrected chi connectivity index (χ4v) is 6.09. The Kier molecular flexibility index (Phi) is 8.09. The van der Waals surface area contributed by atoms with Crippen molar-refractivity contribution >= 4 is 11.9 Å². The first-order valence-corrected chi connectivity index (χ1v) is 13.8. The first-order valence-electron chi connectivity index (χ1n) is 13.8. The maximum atomic E-state index is 13.2. The summed E-state index contributed by atoms with van der Waals surface area (Å²) < 4.78 is 22.5. The number of carbonyl (C=O) groups is 2. The molecule has 1 amide bonds. The molecule has 2 aromatic rings. The molecule has 1 aliphatic carbocycles. The van der Waals surface area contributed by atoms with E-state index >= 15 is 0 Å². The van der Waals surface area contributed by atoms with E-state index in [-0.39, 0.29) is 42.9 Å². The molecule has 0 radical (unpaired) electrons. The van der Waals surface area contributed by atoms with Crippen molar-refractivity contribution < 1.29 is 33.6 Å². The van der Waals surface area contributed by atoms with E-state index in [0.717, 1.165) is 42.7 Å². The Morgan fingerprint density at radius 2 is 1.77 bits per heavy atom. The standard InChI is InChI=1S/C30H39N3O7/c1-17-11-18(12-24(37-5)29(17)35)26-19-13-22-23(40-16-39-22)14-20(19)28(21-15-38-30(36)27(21)26)31-25(34)7-6-8-33(4)10-9-32(2)3/h11-14,21,26-28,35H,6-10,15-16H2,1-5H3,(H,31,34)/t21-,26?,27-,28+/m0/s1. The number of ether oxygens (including phenoxy) is 4. The lowest BCUT2D eigenvalue weighted by Crippen LogP contribution is -2.43. The predicted molar refractivity (Wildman–Crippen MR) is 148 cm³/mol. The summed E-state index contributed by atoms with van der Waals surface area (Å²) in [7, 11) is 7.66. The van der Waals surface area contributed by atoms with Gasteiger partial charge in [0.05, 0.1) is 25.7 Å². The number of hydrogen-bond donors (Lipinski definition) is 2. The Labute approximate surface area is 235 Å². The van der Waals surface area contributed by atoms with Gasteiger partial charge >= 0.3 is 5.97 Å². The van der Waals surface area contributed by atoms with E-state index in [4.69, 9.17) is 18.9 Å². The Balaban J connectivity index is 1.46. The number of phenolic OH excluding ortho intramolecular Hbond substituents is 1. The van der Waals surface area contributed by atoms with Gasteiger partial charge in [0.1, 0.15) is 0 Å². The van der Waals surface area contributed by atoms with Crippen molar-refractivity contribution in [2.75, 3.05) is 61.3 Å². The summed E-state index contributed by atoms with van der Waals surface area (Å²) in [4.78, 5) is 30.8. The van der Waals surface area contributed by atoms with Gasteiger partial charge in [-0.2, -0.15) is 0 Å². The normalized spacial score (nSPS) is 22.7. The molecule has 4 atom stereocenters. The van der Waals surface area contributed by atoms with Crippen molar-refractivity contribution in [2.24, 2.45) is 11.8 Å². The SMILES string of the molecule is COc1cc(C2c3cc4c(cc3[C@@H](NC(=O)CCCN(C)CCN(C)C)[C@H]3COC(=O)[C@H]23)OCO4)cc(C)c1O. The van der Waals surface area contributed by atoms with Crippen LogP contribution in [0.15, 0.2) is 24.3 Å². The van der Waals surface area contributed by atoms with Crippen LogP contribution in [0.5, 0.6) is 23.0 Å². The van der Waals surface area contributed by atoms with Gasteiger partial charge in [-0.25, -0.2) is 0 Å². The van der Waals surface area contributed by atoms with Gasteiger partial charge in [0.25, 0.3) is 0 Å². The van der Waals surface area contributed by atoms with Gasteiger partial charge in [0, 0.05) is 31.3 Å². The Bertz CT molecular complexity index is 1280. The third-order valence-electron chi connectivity index (χ3n) is 8.24. The number of phenols is 1. The highest BCUT2D eigenvalue weighted by molar-refractivity contribution is 5.81. The number of fused-ring (bicyclic) bond motifs is 3. The maximum absolute atomic E-state index is 13.2. The number of amides is 1. The smallest absolute Gasteiger partial charge is 0.310 e. The number of likely N-dealkylation sites (N-methyl/N-ethyl adjacent to an activating group) is 2. The molecule has 2 heterocycles. The molecule has 0 saturated carbocycles. The van der Waals surface area contributed by atoms with Crippen LogP contribution in [-0.4, -0.2) is 88.1 Å². The molecule has 0 spiro atoms. The van der Waals surface area contributed by atoms with Gasteiger partial charge in [-0.3, -0.25) is 9.59 Å². The summed E-state index contributed by atoms with van der Waals surface area (Å²) in [6, 6.07) is 7.07. The van der Waals surface area contributed by atoms with Gasteiger partial charge in [-0.1, -0.05) is 6.07 Å². The van der Waals surface area contributed by atoms with Crippen molar-refractivity contribution in [3.63, 3.8) is 0 Å². The number of nitrogens with one attached hydrogen (secondary N) is 1. The van der Waals surface area contributed by atoms with Gasteiger partial charge in [0.15, 0.2) is 23.0 Å². The highest BCUT2D eigenvalue weighted by Gasteiger charge is 2.53. The monoisotopic (exact) mass is 553 g/mol. The number of aromatic hydroxyl groups is 1. The molecule has 3 aliphatic rings. The average Bonchev–Trinajstić information content (AvgIpc) is 3.54. The Hall–Kier alpha value is -3.50. The number of esters is 1. The minimum absolute atomic E-state index is 0.0617. The first-order chi connectivity index (χ1) is 19.2. The van der Waals surface area contributed by atoms with Crippen LogP contribution in [0.3, 0.4) is 0 Å². The topological polar surface area (TPSA) is 110 Å². The second-order valence-corrected chi connectivity index (χ2v) is 11.3. The fraction of sp³-hybridized carbons (Fsp3) is 0.533. The van der Waals surface area contributed by atoms with Crippen LogP contribution in [0.1, 0.15) is 47.1 Å². The molecule has 2 aromatic carbocycles. The summed E-state index contributed by atoms with van der Waals surface area (Å²) in [6.45, 7) is 4.84. The second-order valence-electron chi connectivity index (χ2n) is 11.3. The van der Waals surface area contributed by atoms with Crippen molar-refractivity contribution in [2.45, 2.75) is 31.7 Å². The van der Waals surface area contributed by atoms with E-state index < -0.39 is 12.0 Å². The van der Waals surface area contributed by atoms with Crippen molar-refractivity contribution in [1.29, 1.82) is 0 Å². The Morgan fingerprint density at radius 3 is 2.48 bits per heavy atom. The molecule has 0 bridgehead atoms.